The van der Waals surface area contributed by atoms with Gasteiger partial charge in [0.15, 0.2) is 11.5 Å². The summed E-state index contributed by atoms with van der Waals surface area (Å²) in [6.07, 6.45) is 0. The summed E-state index contributed by atoms with van der Waals surface area (Å²) in [5.74, 6) is -2.62. The molecule has 0 aliphatic carbocycles. The summed E-state index contributed by atoms with van der Waals surface area (Å²) < 4.78 is 0. The van der Waals surface area contributed by atoms with Gasteiger partial charge in [-0.3, -0.25) is 5.73 Å². The summed E-state index contributed by atoms with van der Waals surface area (Å²) in [6.45, 7) is 0. The van der Waals surface area contributed by atoms with Crippen molar-refractivity contribution in [3.63, 3.8) is 0 Å². The van der Waals surface area contributed by atoms with Crippen molar-refractivity contribution in [2.45, 2.75) is 5.72 Å². The molecule has 0 heterocycles. The average Bonchev–Trinajstić information content (AvgIpc) is 2.09. The molecule has 0 amide bonds. The van der Waals surface area contributed by atoms with Crippen LogP contribution in [0.25, 0.3) is 0 Å². The molecule has 0 saturated heterocycles. The zero-order valence-electron chi connectivity index (χ0n) is 7.01. The number of benzene rings is 1. The summed E-state index contributed by atoms with van der Waals surface area (Å²) in [5.41, 5.74) is 2.26. The average molecular weight is 199 g/mol. The molecule has 0 aromatic heterocycles. The molecule has 0 aliphatic rings. The molecule has 1 atom stereocenters. The summed E-state index contributed by atoms with van der Waals surface area (Å²) in [4.78, 5) is 10.5. The number of aliphatic hydroxyl groups is 1. The SMILES string of the molecule is NC(O)(C(=O)O)c1ccc(O)c(O)c1. The number of rotatable bonds is 2. The Morgan fingerprint density at radius 1 is 1.29 bits per heavy atom. The summed E-state index contributed by atoms with van der Waals surface area (Å²) >= 11 is 0. The fourth-order valence-electron chi connectivity index (χ4n) is 0.884. The van der Waals surface area contributed by atoms with E-state index < -0.39 is 23.2 Å². The van der Waals surface area contributed by atoms with Crippen molar-refractivity contribution in [2.75, 3.05) is 0 Å². The number of nitrogens with two attached hydrogens (primary N) is 1. The Labute approximate surface area is 78.8 Å². The molecule has 0 bridgehead atoms. The highest BCUT2D eigenvalue weighted by Gasteiger charge is 2.33. The van der Waals surface area contributed by atoms with Crippen LogP contribution in [0.5, 0.6) is 11.5 Å². The van der Waals surface area contributed by atoms with Gasteiger partial charge in [0.25, 0.3) is 0 Å². The zero-order chi connectivity index (χ0) is 10.9. The highest BCUT2D eigenvalue weighted by molar-refractivity contribution is 5.78. The van der Waals surface area contributed by atoms with Gasteiger partial charge in [-0.15, -0.1) is 0 Å². The number of phenols is 2. The van der Waals surface area contributed by atoms with Gasteiger partial charge >= 0.3 is 5.97 Å². The number of carboxylic acids is 1. The second-order valence-corrected chi connectivity index (χ2v) is 2.78. The van der Waals surface area contributed by atoms with E-state index in [0.29, 0.717) is 0 Å². The number of aromatic hydroxyl groups is 2. The lowest BCUT2D eigenvalue weighted by molar-refractivity contribution is -0.159. The zero-order valence-corrected chi connectivity index (χ0v) is 7.01. The lowest BCUT2D eigenvalue weighted by Gasteiger charge is -2.18. The van der Waals surface area contributed by atoms with Crippen molar-refractivity contribution < 1.29 is 25.2 Å². The summed E-state index contributed by atoms with van der Waals surface area (Å²) in [6, 6.07) is 3.01. The van der Waals surface area contributed by atoms with E-state index in [1.807, 2.05) is 0 Å². The molecule has 14 heavy (non-hydrogen) atoms. The minimum Gasteiger partial charge on any atom is -0.504 e. The molecular formula is C8H9NO5. The molecule has 6 nitrogen and oxygen atoms in total. The topological polar surface area (TPSA) is 124 Å². The van der Waals surface area contributed by atoms with Crippen LogP contribution in [0.4, 0.5) is 0 Å². The Balaban J connectivity index is 3.21. The first kappa shape index (κ1) is 10.3. The molecule has 76 valence electrons. The minimum absolute atomic E-state index is 0.222. The molecule has 0 spiro atoms. The molecule has 6 heteroatoms. The molecule has 0 radical (unpaired) electrons. The molecule has 0 saturated carbocycles. The largest absolute Gasteiger partial charge is 0.504 e. The first-order chi connectivity index (χ1) is 6.35. The van der Waals surface area contributed by atoms with Crippen LogP contribution in [0, 0.1) is 0 Å². The summed E-state index contributed by atoms with van der Waals surface area (Å²) in [7, 11) is 0. The number of hydrogen-bond acceptors (Lipinski definition) is 5. The molecule has 0 aliphatic heterocycles. The third-order valence-corrected chi connectivity index (χ3v) is 1.74. The monoisotopic (exact) mass is 199 g/mol. The van der Waals surface area contributed by atoms with E-state index in [4.69, 9.17) is 21.1 Å². The van der Waals surface area contributed by atoms with Gasteiger partial charge in [-0.1, -0.05) is 6.07 Å². The van der Waals surface area contributed by atoms with Crippen LogP contribution >= 0.6 is 0 Å². The predicted molar refractivity (Wildman–Crippen MR) is 45.5 cm³/mol. The van der Waals surface area contributed by atoms with Crippen LogP contribution in [0.3, 0.4) is 0 Å². The van der Waals surface area contributed by atoms with Crippen molar-refractivity contribution in [1.82, 2.24) is 0 Å². The van der Waals surface area contributed by atoms with E-state index in [-0.39, 0.29) is 5.56 Å². The van der Waals surface area contributed by atoms with Gasteiger partial charge in [-0.25, -0.2) is 4.79 Å². The number of carbonyl (C=O) groups is 1. The van der Waals surface area contributed by atoms with E-state index in [0.717, 1.165) is 18.2 Å². The van der Waals surface area contributed by atoms with Crippen LogP contribution < -0.4 is 5.73 Å². The van der Waals surface area contributed by atoms with Crippen molar-refractivity contribution in [3.05, 3.63) is 23.8 Å². The highest BCUT2D eigenvalue weighted by atomic mass is 16.4. The lowest BCUT2D eigenvalue weighted by atomic mass is 10.0. The van der Waals surface area contributed by atoms with Crippen molar-refractivity contribution >= 4 is 5.97 Å². The number of aliphatic carboxylic acids is 1. The van der Waals surface area contributed by atoms with Gasteiger partial charge in [0.1, 0.15) is 0 Å². The van der Waals surface area contributed by atoms with Crippen molar-refractivity contribution in [2.24, 2.45) is 5.73 Å². The molecule has 0 fully saturated rings. The fraction of sp³-hybridized carbons (Fsp3) is 0.125. The van der Waals surface area contributed by atoms with Crippen LogP contribution in [0.1, 0.15) is 5.56 Å². The van der Waals surface area contributed by atoms with E-state index in [1.165, 1.54) is 0 Å². The number of hydrogen-bond donors (Lipinski definition) is 5. The van der Waals surface area contributed by atoms with E-state index in [1.54, 1.807) is 0 Å². The smallest absolute Gasteiger partial charge is 0.356 e. The fourth-order valence-corrected chi connectivity index (χ4v) is 0.884. The number of phenolic OH excluding ortho intramolecular Hbond substituents is 2. The Kier molecular flexibility index (Phi) is 2.33. The van der Waals surface area contributed by atoms with Gasteiger partial charge in [-0.2, -0.15) is 0 Å². The van der Waals surface area contributed by atoms with Gasteiger partial charge in [0.2, 0.25) is 5.72 Å². The maximum atomic E-state index is 10.5. The molecule has 1 aromatic carbocycles. The minimum atomic E-state index is -2.58. The Morgan fingerprint density at radius 2 is 1.86 bits per heavy atom. The first-order valence-corrected chi connectivity index (χ1v) is 3.63. The van der Waals surface area contributed by atoms with Crippen molar-refractivity contribution in [1.29, 1.82) is 0 Å². The van der Waals surface area contributed by atoms with Gasteiger partial charge in [0.05, 0.1) is 0 Å². The number of carboxylic acid groups (broad SMARTS) is 1. The maximum Gasteiger partial charge on any atom is 0.356 e. The Bertz CT molecular complexity index is 374. The molecule has 1 unspecified atom stereocenters. The lowest BCUT2D eigenvalue weighted by Crippen LogP contribution is -2.44. The molecule has 1 rings (SSSR count). The van der Waals surface area contributed by atoms with E-state index in [9.17, 15) is 9.90 Å². The van der Waals surface area contributed by atoms with Gasteiger partial charge in [-0.05, 0) is 12.1 Å². The van der Waals surface area contributed by atoms with Crippen LogP contribution in [0.2, 0.25) is 0 Å². The second kappa shape index (κ2) is 3.17. The third-order valence-electron chi connectivity index (χ3n) is 1.74. The third kappa shape index (κ3) is 1.61. The van der Waals surface area contributed by atoms with Crippen LogP contribution in [-0.4, -0.2) is 26.4 Å². The predicted octanol–water partition coefficient (Wildman–Crippen LogP) is -0.714. The Morgan fingerprint density at radius 3 is 2.29 bits per heavy atom. The quantitative estimate of drug-likeness (QED) is 0.316. The van der Waals surface area contributed by atoms with Crippen molar-refractivity contribution in [3.8, 4) is 11.5 Å². The summed E-state index contributed by atoms with van der Waals surface area (Å²) in [5, 5.41) is 35.8. The molecule has 1 aromatic rings. The molecular weight excluding hydrogens is 190 g/mol. The molecule has 6 N–H and O–H groups in total. The highest BCUT2D eigenvalue weighted by Crippen LogP contribution is 2.28. The van der Waals surface area contributed by atoms with E-state index >= 15 is 0 Å². The van der Waals surface area contributed by atoms with Crippen LogP contribution in [-0.2, 0) is 10.5 Å². The van der Waals surface area contributed by atoms with Gasteiger partial charge < -0.3 is 20.4 Å². The first-order valence-electron chi connectivity index (χ1n) is 3.63. The Hall–Kier alpha value is -1.79. The van der Waals surface area contributed by atoms with Gasteiger partial charge in [0, 0.05) is 5.56 Å². The normalized spacial score (nSPS) is 14.7. The second-order valence-electron chi connectivity index (χ2n) is 2.78. The van der Waals surface area contributed by atoms with Crippen LogP contribution in [0.15, 0.2) is 18.2 Å². The maximum absolute atomic E-state index is 10.5. The standard InChI is InChI=1S/C8H9NO5/c9-8(14,7(12)13)4-1-2-5(10)6(11)3-4/h1-3,10-11,14H,9H2,(H,12,13). The van der Waals surface area contributed by atoms with E-state index in [2.05, 4.69) is 0 Å².